The number of hydrogen-bond acceptors (Lipinski definition) is 2. The van der Waals surface area contributed by atoms with Crippen LogP contribution in [0.15, 0.2) is 24.3 Å². The van der Waals surface area contributed by atoms with Crippen LogP contribution in [-0.2, 0) is 0 Å². The van der Waals surface area contributed by atoms with Crippen molar-refractivity contribution in [2.75, 3.05) is 0 Å². The molecule has 2 atom stereocenters. The van der Waals surface area contributed by atoms with E-state index in [0.717, 1.165) is 17.6 Å². The topological polar surface area (TPSA) is 29.5 Å². The van der Waals surface area contributed by atoms with E-state index in [1.807, 2.05) is 6.92 Å². The normalized spacial score (nSPS) is 24.7. The summed E-state index contributed by atoms with van der Waals surface area (Å²) < 4.78 is 5.86. The molecule has 1 aromatic carbocycles. The highest BCUT2D eigenvalue weighted by Gasteiger charge is 2.21. The summed E-state index contributed by atoms with van der Waals surface area (Å²) in [5, 5.41) is 9.39. The molecule has 2 rings (SSSR count). The van der Waals surface area contributed by atoms with Gasteiger partial charge in [-0.1, -0.05) is 31.9 Å². The predicted octanol–water partition coefficient (Wildman–Crippen LogP) is 5.30. The van der Waals surface area contributed by atoms with Crippen LogP contribution in [0, 0.1) is 5.92 Å². The molecule has 0 spiro atoms. The van der Waals surface area contributed by atoms with Gasteiger partial charge in [-0.05, 0) is 69.1 Å². The highest BCUT2D eigenvalue weighted by Crippen LogP contribution is 2.37. The lowest BCUT2D eigenvalue weighted by Gasteiger charge is -2.28. The Morgan fingerprint density at radius 2 is 1.73 bits per heavy atom. The fourth-order valence-electron chi connectivity index (χ4n) is 3.77. The first-order chi connectivity index (χ1) is 10.6. The van der Waals surface area contributed by atoms with Crippen LogP contribution in [0.5, 0.6) is 5.75 Å². The molecule has 124 valence electrons. The lowest BCUT2D eigenvalue weighted by Crippen LogP contribution is -2.18. The van der Waals surface area contributed by atoms with E-state index >= 15 is 0 Å². The van der Waals surface area contributed by atoms with Crippen LogP contribution in [-0.4, -0.2) is 17.3 Å². The van der Waals surface area contributed by atoms with Gasteiger partial charge in [0, 0.05) is 6.42 Å². The van der Waals surface area contributed by atoms with Crippen LogP contribution >= 0.6 is 0 Å². The van der Waals surface area contributed by atoms with Gasteiger partial charge in [-0.2, -0.15) is 0 Å². The summed E-state index contributed by atoms with van der Waals surface area (Å²) in [7, 11) is 0. The first kappa shape index (κ1) is 17.3. The molecule has 0 aromatic heterocycles. The minimum Gasteiger partial charge on any atom is -0.491 e. The average molecular weight is 304 g/mol. The van der Waals surface area contributed by atoms with Crippen molar-refractivity contribution in [1.82, 2.24) is 0 Å². The Labute approximate surface area is 135 Å². The van der Waals surface area contributed by atoms with Crippen LogP contribution in [0.3, 0.4) is 0 Å². The van der Waals surface area contributed by atoms with Gasteiger partial charge in [0.1, 0.15) is 5.75 Å². The Bertz CT molecular complexity index is 416. The molecule has 1 saturated carbocycles. The van der Waals surface area contributed by atoms with E-state index in [2.05, 4.69) is 31.2 Å². The summed E-state index contributed by atoms with van der Waals surface area (Å²) in [4.78, 5) is 0. The number of rotatable bonds is 7. The third kappa shape index (κ3) is 5.31. The minimum atomic E-state index is -0.312. The Morgan fingerprint density at radius 1 is 1.09 bits per heavy atom. The smallest absolute Gasteiger partial charge is 0.119 e. The van der Waals surface area contributed by atoms with Crippen molar-refractivity contribution in [3.8, 4) is 5.75 Å². The molecule has 22 heavy (non-hydrogen) atoms. The first-order valence-corrected chi connectivity index (χ1v) is 9.03. The number of aliphatic hydroxyl groups excluding tert-OH is 1. The van der Waals surface area contributed by atoms with Crippen LogP contribution in [0.4, 0.5) is 0 Å². The van der Waals surface area contributed by atoms with E-state index in [0.29, 0.717) is 6.42 Å². The molecule has 1 aromatic rings. The molecule has 0 bridgehead atoms. The number of ether oxygens (including phenoxy) is 1. The van der Waals surface area contributed by atoms with Gasteiger partial charge >= 0.3 is 0 Å². The minimum absolute atomic E-state index is 0.0512. The van der Waals surface area contributed by atoms with Crippen LogP contribution in [0.2, 0.25) is 0 Å². The van der Waals surface area contributed by atoms with Gasteiger partial charge in [-0.15, -0.1) is 0 Å². The molecule has 0 radical (unpaired) electrons. The maximum atomic E-state index is 9.39. The molecule has 1 fully saturated rings. The molecule has 1 aliphatic rings. The summed E-state index contributed by atoms with van der Waals surface area (Å²) in [6.45, 7) is 6.11. The van der Waals surface area contributed by atoms with Crippen molar-refractivity contribution in [2.24, 2.45) is 5.92 Å². The lowest BCUT2D eigenvalue weighted by molar-refractivity contribution is 0.115. The zero-order valence-corrected chi connectivity index (χ0v) is 14.4. The highest BCUT2D eigenvalue weighted by molar-refractivity contribution is 5.29. The molecule has 1 N–H and O–H groups in total. The van der Waals surface area contributed by atoms with E-state index in [1.165, 1.54) is 44.1 Å². The van der Waals surface area contributed by atoms with Crippen molar-refractivity contribution >= 4 is 0 Å². The summed E-state index contributed by atoms with van der Waals surface area (Å²) in [5.74, 6) is 2.61. The standard InChI is InChI=1S/C20H32O2/c1-4-5-17-6-8-18(9-7-17)19-10-12-20(13-11-19)22-16(3)14-15(2)21/h10-13,15-18,21H,4-9,14H2,1-3H3. The molecule has 2 heteroatoms. The van der Waals surface area contributed by atoms with E-state index < -0.39 is 0 Å². The lowest BCUT2D eigenvalue weighted by atomic mass is 9.77. The SMILES string of the molecule is CCCC1CCC(c2ccc(OC(C)CC(C)O)cc2)CC1. The summed E-state index contributed by atoms with van der Waals surface area (Å²) in [6.07, 6.45) is 8.59. The van der Waals surface area contributed by atoms with Gasteiger partial charge in [-0.25, -0.2) is 0 Å². The molecular weight excluding hydrogens is 272 g/mol. The number of aliphatic hydroxyl groups is 1. The molecule has 1 aliphatic carbocycles. The fraction of sp³-hybridized carbons (Fsp3) is 0.700. The van der Waals surface area contributed by atoms with Crippen molar-refractivity contribution in [3.05, 3.63) is 29.8 Å². The molecule has 2 unspecified atom stereocenters. The second-order valence-electron chi connectivity index (χ2n) is 7.09. The van der Waals surface area contributed by atoms with Crippen LogP contribution < -0.4 is 4.74 Å². The van der Waals surface area contributed by atoms with E-state index in [1.54, 1.807) is 6.92 Å². The molecule has 0 heterocycles. The second kappa shape index (κ2) is 8.57. The van der Waals surface area contributed by atoms with E-state index in [9.17, 15) is 5.11 Å². The van der Waals surface area contributed by atoms with Crippen molar-refractivity contribution in [3.63, 3.8) is 0 Å². The van der Waals surface area contributed by atoms with Crippen LogP contribution in [0.1, 0.15) is 77.2 Å². The van der Waals surface area contributed by atoms with Gasteiger partial charge in [0.2, 0.25) is 0 Å². The Morgan fingerprint density at radius 3 is 2.27 bits per heavy atom. The fourth-order valence-corrected chi connectivity index (χ4v) is 3.77. The maximum absolute atomic E-state index is 9.39. The second-order valence-corrected chi connectivity index (χ2v) is 7.09. The Hall–Kier alpha value is -1.02. The monoisotopic (exact) mass is 304 g/mol. The summed E-state index contributed by atoms with van der Waals surface area (Å²) >= 11 is 0. The van der Waals surface area contributed by atoms with Gasteiger partial charge in [0.15, 0.2) is 0 Å². The van der Waals surface area contributed by atoms with Crippen molar-refractivity contribution in [2.45, 2.75) is 83.8 Å². The summed E-state index contributed by atoms with van der Waals surface area (Å²) in [5.41, 5.74) is 1.46. The third-order valence-electron chi connectivity index (χ3n) is 4.91. The Balaban J connectivity index is 1.84. The zero-order chi connectivity index (χ0) is 15.9. The van der Waals surface area contributed by atoms with Crippen molar-refractivity contribution in [1.29, 1.82) is 0 Å². The average Bonchev–Trinajstić information content (AvgIpc) is 2.48. The molecule has 2 nitrogen and oxygen atoms in total. The van der Waals surface area contributed by atoms with Gasteiger partial charge in [0.25, 0.3) is 0 Å². The van der Waals surface area contributed by atoms with Crippen LogP contribution in [0.25, 0.3) is 0 Å². The third-order valence-corrected chi connectivity index (χ3v) is 4.91. The molecule has 0 saturated heterocycles. The van der Waals surface area contributed by atoms with Crippen molar-refractivity contribution < 1.29 is 9.84 Å². The predicted molar refractivity (Wildman–Crippen MR) is 92.4 cm³/mol. The molecular formula is C20H32O2. The summed E-state index contributed by atoms with van der Waals surface area (Å²) in [6, 6.07) is 8.64. The van der Waals surface area contributed by atoms with Gasteiger partial charge in [-0.3, -0.25) is 0 Å². The number of benzene rings is 1. The Kier molecular flexibility index (Phi) is 6.75. The molecule has 0 aliphatic heterocycles. The maximum Gasteiger partial charge on any atom is 0.119 e. The first-order valence-electron chi connectivity index (χ1n) is 9.03. The van der Waals surface area contributed by atoms with Gasteiger partial charge < -0.3 is 9.84 Å². The quantitative estimate of drug-likeness (QED) is 0.740. The highest BCUT2D eigenvalue weighted by atomic mass is 16.5. The largest absolute Gasteiger partial charge is 0.491 e. The van der Waals surface area contributed by atoms with Gasteiger partial charge in [0.05, 0.1) is 12.2 Å². The zero-order valence-electron chi connectivity index (χ0n) is 14.4. The number of hydrogen-bond donors (Lipinski definition) is 1. The molecule has 0 amide bonds. The van der Waals surface area contributed by atoms with E-state index in [-0.39, 0.29) is 12.2 Å². The van der Waals surface area contributed by atoms with E-state index in [4.69, 9.17) is 4.74 Å².